The Morgan fingerprint density at radius 1 is 1.54 bits per heavy atom. The SMILES string of the molecule is CN(C)C(=O)N1CCC(O)C1(C)C. The minimum atomic E-state index is -0.429. The van der Waals surface area contributed by atoms with Gasteiger partial charge in [0.1, 0.15) is 0 Å². The molecule has 0 saturated carbocycles. The minimum absolute atomic E-state index is 0.0263. The van der Waals surface area contributed by atoms with E-state index in [0.717, 1.165) is 0 Å². The lowest BCUT2D eigenvalue weighted by molar-refractivity contribution is 0.0625. The molecule has 0 radical (unpaired) electrons. The van der Waals surface area contributed by atoms with Gasteiger partial charge in [-0.2, -0.15) is 0 Å². The molecule has 1 aliphatic heterocycles. The number of rotatable bonds is 0. The predicted molar refractivity (Wildman–Crippen MR) is 50.5 cm³/mol. The highest BCUT2D eigenvalue weighted by Crippen LogP contribution is 2.29. The number of likely N-dealkylation sites (tertiary alicyclic amines) is 1. The van der Waals surface area contributed by atoms with Crippen molar-refractivity contribution < 1.29 is 9.90 Å². The molecule has 4 heteroatoms. The van der Waals surface area contributed by atoms with Gasteiger partial charge in [-0.3, -0.25) is 0 Å². The van der Waals surface area contributed by atoms with Crippen LogP contribution in [0.2, 0.25) is 0 Å². The first kappa shape index (κ1) is 10.3. The number of nitrogens with zero attached hydrogens (tertiary/aromatic N) is 2. The summed E-state index contributed by atoms with van der Waals surface area (Å²) in [7, 11) is 3.45. The number of amides is 2. The summed E-state index contributed by atoms with van der Waals surface area (Å²) in [5.41, 5.74) is -0.429. The van der Waals surface area contributed by atoms with Crippen LogP contribution in [0.4, 0.5) is 4.79 Å². The second-order valence-electron chi connectivity index (χ2n) is 4.29. The van der Waals surface area contributed by atoms with Gasteiger partial charge in [0, 0.05) is 20.6 Å². The Balaban J connectivity index is 2.78. The zero-order chi connectivity index (χ0) is 10.2. The average molecular weight is 186 g/mol. The highest BCUT2D eigenvalue weighted by atomic mass is 16.3. The van der Waals surface area contributed by atoms with Crippen molar-refractivity contribution >= 4 is 6.03 Å². The van der Waals surface area contributed by atoms with Crippen LogP contribution < -0.4 is 0 Å². The van der Waals surface area contributed by atoms with Crippen molar-refractivity contribution in [2.24, 2.45) is 0 Å². The summed E-state index contributed by atoms with van der Waals surface area (Å²) < 4.78 is 0. The van der Waals surface area contributed by atoms with Gasteiger partial charge in [0.15, 0.2) is 0 Å². The summed E-state index contributed by atoms with van der Waals surface area (Å²) >= 11 is 0. The fraction of sp³-hybridized carbons (Fsp3) is 0.889. The summed E-state index contributed by atoms with van der Waals surface area (Å²) in [4.78, 5) is 14.9. The van der Waals surface area contributed by atoms with Crippen molar-refractivity contribution in [1.82, 2.24) is 9.80 Å². The first-order valence-corrected chi connectivity index (χ1v) is 4.54. The second kappa shape index (κ2) is 3.18. The van der Waals surface area contributed by atoms with Crippen LogP contribution in [-0.2, 0) is 0 Å². The lowest BCUT2D eigenvalue weighted by Gasteiger charge is -2.35. The molecular weight excluding hydrogens is 168 g/mol. The third kappa shape index (κ3) is 1.63. The number of aliphatic hydroxyl groups excluding tert-OH is 1. The summed E-state index contributed by atoms with van der Waals surface area (Å²) in [6.07, 6.45) is 0.267. The number of carbonyl (C=O) groups is 1. The van der Waals surface area contributed by atoms with Crippen LogP contribution in [0.25, 0.3) is 0 Å². The monoisotopic (exact) mass is 186 g/mol. The van der Waals surface area contributed by atoms with Crippen LogP contribution in [0.1, 0.15) is 20.3 Å². The smallest absolute Gasteiger partial charge is 0.320 e. The number of hydrogen-bond acceptors (Lipinski definition) is 2. The topological polar surface area (TPSA) is 43.8 Å². The van der Waals surface area contributed by atoms with E-state index in [4.69, 9.17) is 0 Å². The van der Waals surface area contributed by atoms with Crippen LogP contribution >= 0.6 is 0 Å². The molecule has 13 heavy (non-hydrogen) atoms. The predicted octanol–water partition coefficient (Wildman–Crippen LogP) is 0.513. The van der Waals surface area contributed by atoms with Crippen molar-refractivity contribution in [3.05, 3.63) is 0 Å². The van der Waals surface area contributed by atoms with Crippen LogP contribution in [0, 0.1) is 0 Å². The van der Waals surface area contributed by atoms with Crippen LogP contribution in [0.5, 0.6) is 0 Å². The minimum Gasteiger partial charge on any atom is -0.391 e. The van der Waals surface area contributed by atoms with E-state index in [1.165, 1.54) is 0 Å². The van der Waals surface area contributed by atoms with E-state index in [-0.39, 0.29) is 6.03 Å². The molecule has 1 atom stereocenters. The summed E-state index contributed by atoms with van der Waals surface area (Å²) in [6, 6.07) is -0.0263. The Bertz CT molecular complexity index is 214. The Hall–Kier alpha value is -0.770. The van der Waals surface area contributed by atoms with Gasteiger partial charge in [0.05, 0.1) is 11.6 Å². The van der Waals surface area contributed by atoms with E-state index >= 15 is 0 Å². The zero-order valence-electron chi connectivity index (χ0n) is 8.74. The number of carbonyl (C=O) groups excluding carboxylic acids is 1. The molecule has 1 rings (SSSR count). The van der Waals surface area contributed by atoms with Crippen molar-refractivity contribution in [3.63, 3.8) is 0 Å². The van der Waals surface area contributed by atoms with Gasteiger partial charge in [-0.15, -0.1) is 0 Å². The van der Waals surface area contributed by atoms with Gasteiger partial charge in [0.2, 0.25) is 0 Å². The molecule has 0 aromatic carbocycles. The van der Waals surface area contributed by atoms with Gasteiger partial charge >= 0.3 is 6.03 Å². The van der Waals surface area contributed by atoms with Crippen molar-refractivity contribution in [1.29, 1.82) is 0 Å². The van der Waals surface area contributed by atoms with E-state index in [9.17, 15) is 9.90 Å². The summed E-state index contributed by atoms with van der Waals surface area (Å²) in [6.45, 7) is 4.43. The van der Waals surface area contributed by atoms with Crippen molar-refractivity contribution in [2.75, 3.05) is 20.6 Å². The average Bonchev–Trinajstić information content (AvgIpc) is 2.26. The molecule has 0 aliphatic carbocycles. The van der Waals surface area contributed by atoms with Crippen LogP contribution in [0.3, 0.4) is 0 Å². The molecule has 1 N–H and O–H groups in total. The fourth-order valence-electron chi connectivity index (χ4n) is 1.66. The Kier molecular flexibility index (Phi) is 2.52. The molecule has 76 valence electrons. The molecule has 1 unspecified atom stereocenters. The standard InChI is InChI=1S/C9H18N2O2/c1-9(2)7(12)5-6-11(9)8(13)10(3)4/h7,12H,5-6H2,1-4H3. The third-order valence-corrected chi connectivity index (χ3v) is 2.75. The molecule has 2 amide bonds. The molecule has 1 saturated heterocycles. The molecule has 1 fully saturated rings. The highest BCUT2D eigenvalue weighted by molar-refractivity contribution is 5.75. The Labute approximate surface area is 79.1 Å². The fourth-order valence-corrected chi connectivity index (χ4v) is 1.66. The van der Waals surface area contributed by atoms with Crippen molar-refractivity contribution in [3.8, 4) is 0 Å². The molecular formula is C9H18N2O2. The van der Waals surface area contributed by atoms with Crippen molar-refractivity contribution in [2.45, 2.75) is 31.9 Å². The zero-order valence-corrected chi connectivity index (χ0v) is 8.74. The maximum Gasteiger partial charge on any atom is 0.320 e. The van der Waals surface area contributed by atoms with Gasteiger partial charge in [-0.05, 0) is 20.3 Å². The van der Waals surface area contributed by atoms with Gasteiger partial charge in [-0.25, -0.2) is 4.79 Å². The first-order valence-electron chi connectivity index (χ1n) is 4.54. The maximum atomic E-state index is 11.6. The van der Waals surface area contributed by atoms with Gasteiger partial charge < -0.3 is 14.9 Å². The normalized spacial score (nSPS) is 26.2. The summed E-state index contributed by atoms with van der Waals surface area (Å²) in [5, 5.41) is 9.65. The number of aliphatic hydroxyl groups is 1. The molecule has 0 aromatic rings. The molecule has 0 spiro atoms. The first-order chi connectivity index (χ1) is 5.87. The van der Waals surface area contributed by atoms with Crippen LogP contribution in [0.15, 0.2) is 0 Å². The van der Waals surface area contributed by atoms with E-state index < -0.39 is 11.6 Å². The number of urea groups is 1. The molecule has 1 aliphatic rings. The lowest BCUT2D eigenvalue weighted by atomic mass is 9.99. The quantitative estimate of drug-likeness (QED) is 0.599. The molecule has 0 bridgehead atoms. The number of hydrogen-bond donors (Lipinski definition) is 1. The molecule has 4 nitrogen and oxygen atoms in total. The third-order valence-electron chi connectivity index (χ3n) is 2.75. The van der Waals surface area contributed by atoms with E-state index in [1.807, 2.05) is 13.8 Å². The maximum absolute atomic E-state index is 11.6. The highest BCUT2D eigenvalue weighted by Gasteiger charge is 2.43. The Morgan fingerprint density at radius 2 is 2.08 bits per heavy atom. The van der Waals surface area contributed by atoms with E-state index in [0.29, 0.717) is 13.0 Å². The Morgan fingerprint density at radius 3 is 2.38 bits per heavy atom. The second-order valence-corrected chi connectivity index (χ2v) is 4.29. The van der Waals surface area contributed by atoms with Gasteiger partial charge in [0.25, 0.3) is 0 Å². The largest absolute Gasteiger partial charge is 0.391 e. The van der Waals surface area contributed by atoms with E-state index in [1.54, 1.807) is 23.9 Å². The van der Waals surface area contributed by atoms with Crippen LogP contribution in [-0.4, -0.2) is 53.2 Å². The molecule has 0 aromatic heterocycles. The lowest BCUT2D eigenvalue weighted by Crippen LogP contribution is -2.51. The van der Waals surface area contributed by atoms with E-state index in [2.05, 4.69) is 0 Å². The van der Waals surface area contributed by atoms with Gasteiger partial charge in [-0.1, -0.05) is 0 Å². The molecule has 1 heterocycles. The summed E-state index contributed by atoms with van der Waals surface area (Å²) in [5.74, 6) is 0.